The summed E-state index contributed by atoms with van der Waals surface area (Å²) in [5, 5.41) is 9.79. The van der Waals surface area contributed by atoms with Crippen LogP contribution in [0.5, 0.6) is 0 Å². The van der Waals surface area contributed by atoms with Crippen molar-refractivity contribution in [3.63, 3.8) is 0 Å². The van der Waals surface area contributed by atoms with Gasteiger partial charge in [-0.25, -0.2) is 4.79 Å². The Morgan fingerprint density at radius 2 is 1.71 bits per heavy atom. The molecule has 1 N–H and O–H groups in total. The number of hydrogen-bond acceptors (Lipinski definition) is 2. The van der Waals surface area contributed by atoms with Crippen molar-refractivity contribution in [2.24, 2.45) is 5.92 Å². The normalized spacial score (nSPS) is 23.2. The van der Waals surface area contributed by atoms with Crippen LogP contribution >= 0.6 is 0 Å². The second-order valence-electron chi connectivity index (χ2n) is 7.80. The number of rotatable bonds is 4. The van der Waals surface area contributed by atoms with Crippen LogP contribution in [0.15, 0.2) is 0 Å². The van der Waals surface area contributed by atoms with Gasteiger partial charge in [0.25, 0.3) is 0 Å². The van der Waals surface area contributed by atoms with E-state index in [1.54, 1.807) is 4.90 Å². The van der Waals surface area contributed by atoms with Gasteiger partial charge in [-0.15, -0.1) is 0 Å². The van der Waals surface area contributed by atoms with Gasteiger partial charge in [-0.1, -0.05) is 19.3 Å². The lowest BCUT2D eigenvalue weighted by Gasteiger charge is -2.45. The molecular weight excluding hydrogens is 264 g/mol. The summed E-state index contributed by atoms with van der Waals surface area (Å²) in [7, 11) is 0. The lowest BCUT2D eigenvalue weighted by atomic mass is 9.81. The zero-order valence-electron chi connectivity index (χ0n) is 14.0. The van der Waals surface area contributed by atoms with Crippen LogP contribution in [0.25, 0.3) is 0 Å². The third-order valence-electron chi connectivity index (χ3n) is 5.10. The van der Waals surface area contributed by atoms with E-state index < -0.39 is 6.09 Å². The molecule has 2 aliphatic rings. The van der Waals surface area contributed by atoms with Gasteiger partial charge in [0.05, 0.1) is 6.04 Å². The van der Waals surface area contributed by atoms with E-state index in [0.29, 0.717) is 5.92 Å². The Bertz CT molecular complexity index is 339. The fourth-order valence-electron chi connectivity index (χ4n) is 4.12. The van der Waals surface area contributed by atoms with Crippen molar-refractivity contribution in [2.75, 3.05) is 19.6 Å². The molecule has 0 bridgehead atoms. The summed E-state index contributed by atoms with van der Waals surface area (Å²) in [5.41, 5.74) is -0.326. The Morgan fingerprint density at radius 1 is 1.14 bits per heavy atom. The molecule has 1 aliphatic carbocycles. The minimum absolute atomic E-state index is 0.154. The monoisotopic (exact) mass is 296 g/mol. The second kappa shape index (κ2) is 6.99. The molecule has 2 fully saturated rings. The molecule has 1 saturated carbocycles. The highest BCUT2D eigenvalue weighted by Gasteiger charge is 2.39. The topological polar surface area (TPSA) is 43.8 Å². The minimum atomic E-state index is -0.753. The van der Waals surface area contributed by atoms with Crippen LogP contribution in [0.2, 0.25) is 0 Å². The third kappa shape index (κ3) is 4.35. The Labute approximate surface area is 129 Å². The molecule has 4 nitrogen and oxygen atoms in total. The van der Waals surface area contributed by atoms with E-state index in [1.807, 2.05) is 20.8 Å². The third-order valence-corrected chi connectivity index (χ3v) is 5.10. The van der Waals surface area contributed by atoms with Gasteiger partial charge >= 0.3 is 6.09 Å². The van der Waals surface area contributed by atoms with Crippen LogP contribution in [0, 0.1) is 5.92 Å². The van der Waals surface area contributed by atoms with Crippen molar-refractivity contribution >= 4 is 6.09 Å². The summed E-state index contributed by atoms with van der Waals surface area (Å²) in [6.07, 6.45) is 8.00. The number of amides is 1. The number of carboxylic acid groups (broad SMARTS) is 1. The summed E-state index contributed by atoms with van der Waals surface area (Å²) >= 11 is 0. The van der Waals surface area contributed by atoms with Gasteiger partial charge in [-0.2, -0.15) is 0 Å². The van der Waals surface area contributed by atoms with Gasteiger partial charge in [0.15, 0.2) is 0 Å². The molecule has 21 heavy (non-hydrogen) atoms. The summed E-state index contributed by atoms with van der Waals surface area (Å²) < 4.78 is 0. The number of carbonyl (C=O) groups is 1. The molecule has 0 aromatic carbocycles. The van der Waals surface area contributed by atoms with Crippen LogP contribution in [0.4, 0.5) is 4.79 Å². The fraction of sp³-hybridized carbons (Fsp3) is 0.941. The summed E-state index contributed by atoms with van der Waals surface area (Å²) in [6, 6.07) is 0.154. The molecule has 1 amide bonds. The number of likely N-dealkylation sites (tertiary alicyclic amines) is 1. The molecule has 0 aromatic heterocycles. The van der Waals surface area contributed by atoms with Crippen molar-refractivity contribution in [1.29, 1.82) is 0 Å². The van der Waals surface area contributed by atoms with Gasteiger partial charge in [0.1, 0.15) is 0 Å². The van der Waals surface area contributed by atoms with Crippen LogP contribution in [-0.2, 0) is 0 Å². The lowest BCUT2D eigenvalue weighted by Crippen LogP contribution is -2.57. The van der Waals surface area contributed by atoms with E-state index in [-0.39, 0.29) is 11.6 Å². The van der Waals surface area contributed by atoms with E-state index in [0.717, 1.165) is 19.6 Å². The molecule has 1 heterocycles. The van der Waals surface area contributed by atoms with Crippen molar-refractivity contribution < 1.29 is 9.90 Å². The predicted molar refractivity (Wildman–Crippen MR) is 85.7 cm³/mol. The average molecular weight is 296 g/mol. The maximum absolute atomic E-state index is 11.9. The van der Waals surface area contributed by atoms with Gasteiger partial charge < -0.3 is 10.0 Å². The first kappa shape index (κ1) is 16.6. The van der Waals surface area contributed by atoms with Gasteiger partial charge in [-0.3, -0.25) is 4.90 Å². The SMILES string of the molecule is CC(C)(C)N(C(=O)O)[C@H](CN1CCCC1)C1CCCCC1. The van der Waals surface area contributed by atoms with Crippen molar-refractivity contribution in [3.8, 4) is 0 Å². The van der Waals surface area contributed by atoms with Gasteiger partial charge in [0, 0.05) is 12.1 Å². The second-order valence-corrected chi connectivity index (χ2v) is 7.80. The molecule has 122 valence electrons. The van der Waals surface area contributed by atoms with Crippen LogP contribution in [0.3, 0.4) is 0 Å². The smallest absolute Gasteiger partial charge is 0.408 e. The maximum Gasteiger partial charge on any atom is 0.408 e. The lowest BCUT2D eigenvalue weighted by molar-refractivity contribution is 0.0261. The highest BCUT2D eigenvalue weighted by molar-refractivity contribution is 5.66. The first-order valence-electron chi connectivity index (χ1n) is 8.64. The van der Waals surface area contributed by atoms with E-state index in [9.17, 15) is 9.90 Å². The molecular formula is C17H32N2O2. The van der Waals surface area contributed by atoms with Crippen LogP contribution < -0.4 is 0 Å². The van der Waals surface area contributed by atoms with E-state index in [2.05, 4.69) is 4.90 Å². The van der Waals surface area contributed by atoms with E-state index in [1.165, 1.54) is 44.9 Å². The van der Waals surface area contributed by atoms with Crippen LogP contribution in [-0.4, -0.2) is 52.2 Å². The highest BCUT2D eigenvalue weighted by atomic mass is 16.4. The zero-order chi connectivity index (χ0) is 15.5. The Hall–Kier alpha value is -0.770. The summed E-state index contributed by atoms with van der Waals surface area (Å²) in [5.74, 6) is 0.537. The van der Waals surface area contributed by atoms with E-state index in [4.69, 9.17) is 0 Å². The first-order valence-corrected chi connectivity index (χ1v) is 8.64. The van der Waals surface area contributed by atoms with Gasteiger partial charge in [0.2, 0.25) is 0 Å². The Kier molecular flexibility index (Phi) is 5.53. The Balaban J connectivity index is 2.17. The average Bonchev–Trinajstić information content (AvgIpc) is 2.90. The van der Waals surface area contributed by atoms with Gasteiger partial charge in [-0.05, 0) is 65.5 Å². The molecule has 4 heteroatoms. The van der Waals surface area contributed by atoms with Crippen molar-refractivity contribution in [1.82, 2.24) is 9.80 Å². The summed E-state index contributed by atoms with van der Waals surface area (Å²) in [6.45, 7) is 9.29. The standard InChI is InChI=1S/C17H32N2O2/c1-17(2,3)19(16(20)21)15(13-18-11-7-8-12-18)14-9-5-4-6-10-14/h14-15H,4-13H2,1-3H3,(H,20,21)/t15-/m1/s1. The molecule has 0 unspecified atom stereocenters. The zero-order valence-corrected chi connectivity index (χ0v) is 14.0. The molecule has 0 spiro atoms. The van der Waals surface area contributed by atoms with Crippen molar-refractivity contribution in [3.05, 3.63) is 0 Å². The highest BCUT2D eigenvalue weighted by Crippen LogP contribution is 2.33. The predicted octanol–water partition coefficient (Wildman–Crippen LogP) is 3.81. The number of nitrogens with zero attached hydrogens (tertiary/aromatic N) is 2. The first-order chi connectivity index (χ1) is 9.89. The molecule has 2 rings (SSSR count). The molecule has 0 aromatic rings. The molecule has 1 saturated heterocycles. The van der Waals surface area contributed by atoms with Crippen molar-refractivity contribution in [2.45, 2.75) is 77.3 Å². The fourth-order valence-corrected chi connectivity index (χ4v) is 4.12. The molecule has 1 atom stereocenters. The quantitative estimate of drug-likeness (QED) is 0.858. The largest absolute Gasteiger partial charge is 0.465 e. The summed E-state index contributed by atoms with van der Waals surface area (Å²) in [4.78, 5) is 16.1. The van der Waals surface area contributed by atoms with E-state index >= 15 is 0 Å². The number of hydrogen-bond donors (Lipinski definition) is 1. The molecule has 0 radical (unpaired) electrons. The molecule has 1 aliphatic heterocycles. The Morgan fingerprint density at radius 3 is 2.19 bits per heavy atom. The maximum atomic E-state index is 11.9. The minimum Gasteiger partial charge on any atom is -0.465 e. The van der Waals surface area contributed by atoms with Crippen LogP contribution in [0.1, 0.15) is 65.7 Å².